The van der Waals surface area contributed by atoms with Crippen LogP contribution >= 0.6 is 0 Å². The van der Waals surface area contributed by atoms with Gasteiger partial charge in [0, 0.05) is 25.4 Å². The van der Waals surface area contributed by atoms with Crippen LogP contribution in [0.4, 0.5) is 0 Å². The van der Waals surface area contributed by atoms with Crippen LogP contribution in [0.25, 0.3) is 0 Å². The summed E-state index contributed by atoms with van der Waals surface area (Å²) in [5.74, 6) is 0.560. The van der Waals surface area contributed by atoms with Crippen molar-refractivity contribution in [1.82, 2.24) is 10.3 Å². The van der Waals surface area contributed by atoms with Crippen LogP contribution in [0, 0.1) is 5.92 Å². The maximum atomic E-state index is 6.00. The van der Waals surface area contributed by atoms with E-state index >= 15 is 0 Å². The molecule has 0 radical (unpaired) electrons. The lowest BCUT2D eigenvalue weighted by Gasteiger charge is -2.26. The molecule has 18 heavy (non-hydrogen) atoms. The van der Waals surface area contributed by atoms with Crippen LogP contribution in [0.5, 0.6) is 0 Å². The highest BCUT2D eigenvalue weighted by Crippen LogP contribution is 2.09. The molecule has 0 saturated heterocycles. The lowest BCUT2D eigenvalue weighted by atomic mass is 10.1. The van der Waals surface area contributed by atoms with Gasteiger partial charge in [0.1, 0.15) is 0 Å². The average molecular weight is 266 g/mol. The van der Waals surface area contributed by atoms with Crippen LogP contribution in [0.2, 0.25) is 19.6 Å². The predicted octanol–water partition coefficient (Wildman–Crippen LogP) is 3.05. The topological polar surface area (TPSA) is 34.1 Å². The Hall–Kier alpha value is -0.713. The zero-order valence-electron chi connectivity index (χ0n) is 12.2. The molecular formula is C14H26N2OSi. The van der Waals surface area contributed by atoms with E-state index in [1.807, 2.05) is 24.4 Å². The van der Waals surface area contributed by atoms with Crippen molar-refractivity contribution >= 4 is 8.32 Å². The molecule has 0 amide bonds. The summed E-state index contributed by atoms with van der Waals surface area (Å²) in [6, 6.07) is 6.40. The molecule has 1 heterocycles. The van der Waals surface area contributed by atoms with E-state index in [0.29, 0.717) is 12.0 Å². The molecule has 0 unspecified atom stereocenters. The standard InChI is InChI=1S/C14H26N2OSi/c1-12(2)14(11-17-18(3,4)5)16-10-13-8-6-7-9-15-13/h6-9,12,14,16H,10-11H2,1-5H3/t14-/m1/s1. The molecule has 0 fully saturated rings. The largest absolute Gasteiger partial charge is 0.416 e. The molecule has 0 bridgehead atoms. The molecule has 0 saturated carbocycles. The van der Waals surface area contributed by atoms with Crippen molar-refractivity contribution < 1.29 is 4.43 Å². The summed E-state index contributed by atoms with van der Waals surface area (Å²) in [6.07, 6.45) is 1.83. The molecule has 1 aromatic heterocycles. The molecule has 0 aromatic carbocycles. The fraction of sp³-hybridized carbons (Fsp3) is 0.643. The lowest BCUT2D eigenvalue weighted by molar-refractivity contribution is 0.223. The minimum absolute atomic E-state index is 0.388. The first-order valence-corrected chi connectivity index (χ1v) is 10.1. The first kappa shape index (κ1) is 15.3. The average Bonchev–Trinajstić information content (AvgIpc) is 2.28. The second-order valence-electron chi connectivity index (χ2n) is 5.98. The van der Waals surface area contributed by atoms with Gasteiger partial charge in [0.2, 0.25) is 0 Å². The number of nitrogens with one attached hydrogen (secondary N) is 1. The van der Waals surface area contributed by atoms with Gasteiger partial charge < -0.3 is 9.74 Å². The summed E-state index contributed by atoms with van der Waals surface area (Å²) in [7, 11) is -1.43. The van der Waals surface area contributed by atoms with Gasteiger partial charge in [0.15, 0.2) is 8.32 Å². The van der Waals surface area contributed by atoms with Crippen molar-refractivity contribution in [2.45, 2.75) is 46.1 Å². The van der Waals surface area contributed by atoms with E-state index in [1.54, 1.807) is 0 Å². The van der Waals surface area contributed by atoms with Gasteiger partial charge in [-0.05, 0) is 37.7 Å². The minimum Gasteiger partial charge on any atom is -0.416 e. The molecule has 1 N–H and O–H groups in total. The predicted molar refractivity (Wildman–Crippen MR) is 79.0 cm³/mol. The molecule has 1 atom stereocenters. The summed E-state index contributed by atoms with van der Waals surface area (Å²) in [4.78, 5) is 4.32. The van der Waals surface area contributed by atoms with Crippen LogP contribution in [-0.4, -0.2) is 26.0 Å². The van der Waals surface area contributed by atoms with Crippen LogP contribution in [0.1, 0.15) is 19.5 Å². The van der Waals surface area contributed by atoms with Gasteiger partial charge in [-0.15, -0.1) is 0 Å². The van der Waals surface area contributed by atoms with Crippen molar-refractivity contribution in [2.24, 2.45) is 5.92 Å². The molecule has 3 nitrogen and oxygen atoms in total. The van der Waals surface area contributed by atoms with E-state index in [9.17, 15) is 0 Å². The molecule has 0 aliphatic rings. The third-order valence-electron chi connectivity index (χ3n) is 2.77. The van der Waals surface area contributed by atoms with Crippen LogP contribution in [0.3, 0.4) is 0 Å². The maximum absolute atomic E-state index is 6.00. The third kappa shape index (κ3) is 6.28. The van der Waals surface area contributed by atoms with Gasteiger partial charge >= 0.3 is 0 Å². The summed E-state index contributed by atoms with van der Waals surface area (Å²) in [5.41, 5.74) is 1.08. The summed E-state index contributed by atoms with van der Waals surface area (Å²) >= 11 is 0. The monoisotopic (exact) mass is 266 g/mol. The number of aromatic nitrogens is 1. The normalized spacial score (nSPS) is 13.9. The second-order valence-corrected chi connectivity index (χ2v) is 10.5. The van der Waals surface area contributed by atoms with Crippen molar-refractivity contribution in [3.8, 4) is 0 Å². The van der Waals surface area contributed by atoms with E-state index in [-0.39, 0.29) is 0 Å². The Kier molecular flexibility index (Phi) is 5.98. The Labute approximate surface area is 112 Å². The molecule has 1 rings (SSSR count). The Balaban J connectivity index is 2.44. The second kappa shape index (κ2) is 7.02. The molecule has 0 spiro atoms. The minimum atomic E-state index is -1.43. The fourth-order valence-electron chi connectivity index (χ4n) is 1.57. The van der Waals surface area contributed by atoms with Crippen molar-refractivity contribution in [2.75, 3.05) is 6.61 Å². The van der Waals surface area contributed by atoms with Crippen molar-refractivity contribution in [3.05, 3.63) is 30.1 Å². The zero-order chi connectivity index (χ0) is 13.6. The summed E-state index contributed by atoms with van der Waals surface area (Å²) < 4.78 is 6.00. The van der Waals surface area contributed by atoms with Crippen molar-refractivity contribution in [1.29, 1.82) is 0 Å². The highest BCUT2D eigenvalue weighted by Gasteiger charge is 2.19. The lowest BCUT2D eigenvalue weighted by Crippen LogP contribution is -2.41. The van der Waals surface area contributed by atoms with Gasteiger partial charge in [-0.1, -0.05) is 19.9 Å². The Morgan fingerprint density at radius 3 is 2.50 bits per heavy atom. The first-order valence-electron chi connectivity index (χ1n) is 6.66. The highest BCUT2D eigenvalue weighted by atomic mass is 28.4. The highest BCUT2D eigenvalue weighted by molar-refractivity contribution is 6.69. The number of pyridine rings is 1. The number of hydrogen-bond donors (Lipinski definition) is 1. The van der Waals surface area contributed by atoms with Gasteiger partial charge in [-0.25, -0.2) is 0 Å². The van der Waals surface area contributed by atoms with Crippen molar-refractivity contribution in [3.63, 3.8) is 0 Å². The SMILES string of the molecule is CC(C)[C@@H](CO[Si](C)(C)C)NCc1ccccn1. The molecule has 1 aromatic rings. The van der Waals surface area contributed by atoms with Gasteiger partial charge in [0.25, 0.3) is 0 Å². The smallest absolute Gasteiger partial charge is 0.183 e. The fourth-order valence-corrected chi connectivity index (χ4v) is 2.24. The molecule has 102 valence electrons. The van der Waals surface area contributed by atoms with Crippen LogP contribution < -0.4 is 5.32 Å². The molecule has 0 aliphatic carbocycles. The quantitative estimate of drug-likeness (QED) is 0.770. The first-order chi connectivity index (χ1) is 8.38. The van der Waals surface area contributed by atoms with Crippen LogP contribution in [-0.2, 0) is 11.0 Å². The van der Waals surface area contributed by atoms with E-state index in [1.165, 1.54) is 0 Å². The molecule has 0 aliphatic heterocycles. The van der Waals surface area contributed by atoms with Gasteiger partial charge in [0.05, 0.1) is 5.69 Å². The number of rotatable bonds is 7. The number of hydrogen-bond acceptors (Lipinski definition) is 3. The van der Waals surface area contributed by atoms with E-state index in [0.717, 1.165) is 18.8 Å². The molecular weight excluding hydrogens is 240 g/mol. The van der Waals surface area contributed by atoms with E-state index in [2.05, 4.69) is 43.8 Å². The Morgan fingerprint density at radius 1 is 1.28 bits per heavy atom. The third-order valence-corrected chi connectivity index (χ3v) is 3.80. The van der Waals surface area contributed by atoms with Crippen LogP contribution in [0.15, 0.2) is 24.4 Å². The maximum Gasteiger partial charge on any atom is 0.183 e. The summed E-state index contributed by atoms with van der Waals surface area (Å²) in [6.45, 7) is 12.7. The Morgan fingerprint density at radius 2 is 2.00 bits per heavy atom. The number of nitrogens with zero attached hydrogens (tertiary/aromatic N) is 1. The van der Waals surface area contributed by atoms with E-state index in [4.69, 9.17) is 4.43 Å². The molecule has 4 heteroatoms. The Bertz CT molecular complexity index is 335. The zero-order valence-corrected chi connectivity index (χ0v) is 13.2. The van der Waals surface area contributed by atoms with Gasteiger partial charge in [-0.2, -0.15) is 0 Å². The van der Waals surface area contributed by atoms with Gasteiger partial charge in [-0.3, -0.25) is 4.98 Å². The van der Waals surface area contributed by atoms with E-state index < -0.39 is 8.32 Å². The summed E-state index contributed by atoms with van der Waals surface area (Å²) in [5, 5.41) is 3.54.